The van der Waals surface area contributed by atoms with Crippen LogP contribution in [0.4, 0.5) is 0 Å². The Balaban J connectivity index is 1.27. The third kappa shape index (κ3) is 5.04. The molecule has 200 valence electrons. The number of methoxy groups -OCH3 is 1. The summed E-state index contributed by atoms with van der Waals surface area (Å²) in [5, 5.41) is 0. The van der Waals surface area contributed by atoms with E-state index in [4.69, 9.17) is 30.4 Å². The van der Waals surface area contributed by atoms with E-state index in [2.05, 4.69) is 19.9 Å². The number of hydrogen-bond acceptors (Lipinski definition) is 10. The van der Waals surface area contributed by atoms with Crippen LogP contribution in [0.25, 0.3) is 11.0 Å². The first kappa shape index (κ1) is 25.6. The second kappa shape index (κ2) is 10.8. The molecule has 1 saturated heterocycles. The van der Waals surface area contributed by atoms with Crippen molar-refractivity contribution in [3.63, 3.8) is 0 Å². The summed E-state index contributed by atoms with van der Waals surface area (Å²) in [4.78, 5) is 39.1. The van der Waals surface area contributed by atoms with Gasteiger partial charge in [0.1, 0.15) is 23.0 Å². The lowest BCUT2D eigenvalue weighted by molar-refractivity contribution is -0.133. The van der Waals surface area contributed by atoms with E-state index in [9.17, 15) is 9.59 Å². The number of hydrogen-bond donors (Lipinski definition) is 2. The van der Waals surface area contributed by atoms with Crippen LogP contribution in [0, 0.1) is 5.41 Å². The Hall–Kier alpha value is -4.03. The van der Waals surface area contributed by atoms with Crippen molar-refractivity contribution in [3.8, 4) is 23.3 Å². The summed E-state index contributed by atoms with van der Waals surface area (Å²) in [6.45, 7) is 4.84. The molecule has 2 fully saturated rings. The number of primary amides is 2. The molecule has 38 heavy (non-hydrogen) atoms. The number of nitrogens with zero attached hydrogens (tertiary/aromatic N) is 4. The summed E-state index contributed by atoms with van der Waals surface area (Å²) in [7, 11) is 1.52. The lowest BCUT2D eigenvalue weighted by atomic mass is 9.97. The molecule has 3 aromatic rings. The number of nitrogens with two attached hydrogens (primary N) is 2. The van der Waals surface area contributed by atoms with Crippen LogP contribution >= 0.6 is 0 Å². The van der Waals surface area contributed by atoms with Crippen LogP contribution in [0.5, 0.6) is 23.3 Å². The molecule has 1 aliphatic heterocycles. The topological polar surface area (TPSA) is 165 Å². The maximum Gasteiger partial charge on any atom is 0.257 e. The van der Waals surface area contributed by atoms with Gasteiger partial charge in [0.05, 0.1) is 26.9 Å². The second-order valence-electron chi connectivity index (χ2n) is 9.33. The summed E-state index contributed by atoms with van der Waals surface area (Å²) in [5.74, 6) is -0.219. The zero-order valence-corrected chi connectivity index (χ0v) is 21.1. The molecule has 12 nitrogen and oxygen atoms in total. The minimum absolute atomic E-state index is 0.245. The Labute approximate surface area is 219 Å². The highest BCUT2D eigenvalue weighted by Crippen LogP contribution is 2.59. The second-order valence-corrected chi connectivity index (χ2v) is 9.33. The van der Waals surface area contributed by atoms with Gasteiger partial charge < -0.3 is 30.4 Å². The quantitative estimate of drug-likeness (QED) is 0.277. The molecule has 1 atom stereocenters. The van der Waals surface area contributed by atoms with Gasteiger partial charge in [-0.15, -0.1) is 0 Å². The third-order valence-electron chi connectivity index (χ3n) is 7.02. The molecule has 3 heterocycles. The Kier molecular flexibility index (Phi) is 7.25. The fraction of sp³-hybridized carbons (Fsp3) is 0.423. The van der Waals surface area contributed by atoms with Gasteiger partial charge >= 0.3 is 0 Å². The Morgan fingerprint density at radius 3 is 2.50 bits per heavy atom. The first-order valence-electron chi connectivity index (χ1n) is 12.4. The molecule has 4 N–H and O–H groups in total. The number of benzene rings is 1. The van der Waals surface area contributed by atoms with E-state index in [0.29, 0.717) is 41.4 Å². The number of ether oxygens (including phenoxy) is 4. The van der Waals surface area contributed by atoms with E-state index in [1.54, 1.807) is 30.3 Å². The van der Waals surface area contributed by atoms with Crippen molar-refractivity contribution in [2.45, 2.75) is 18.8 Å². The average Bonchev–Trinajstić information content (AvgIpc) is 3.70. The molecule has 0 bridgehead atoms. The normalized spacial score (nSPS) is 18.6. The highest BCUT2D eigenvalue weighted by Gasteiger charge is 2.64. The van der Waals surface area contributed by atoms with Crippen molar-refractivity contribution in [2.24, 2.45) is 16.9 Å². The monoisotopic (exact) mass is 522 g/mol. The summed E-state index contributed by atoms with van der Waals surface area (Å²) >= 11 is 0. The van der Waals surface area contributed by atoms with Crippen LogP contribution in [0.1, 0.15) is 24.3 Å². The fourth-order valence-electron chi connectivity index (χ4n) is 4.76. The molecule has 0 radical (unpaired) electrons. The molecule has 2 amide bonds. The van der Waals surface area contributed by atoms with Gasteiger partial charge in [-0.05, 0) is 30.5 Å². The predicted octanol–water partition coefficient (Wildman–Crippen LogP) is 1.37. The smallest absolute Gasteiger partial charge is 0.257 e. The number of morpholine rings is 1. The highest BCUT2D eigenvalue weighted by molar-refractivity contribution is 6.08. The van der Waals surface area contributed by atoms with Crippen LogP contribution < -0.4 is 25.7 Å². The lowest BCUT2D eigenvalue weighted by Gasteiger charge is -2.26. The molecule has 1 saturated carbocycles. The summed E-state index contributed by atoms with van der Waals surface area (Å²) < 4.78 is 22.8. The number of carbonyl (C=O) groups is 2. The Bertz CT molecular complexity index is 1310. The van der Waals surface area contributed by atoms with Crippen molar-refractivity contribution in [3.05, 3.63) is 42.2 Å². The highest BCUT2D eigenvalue weighted by atomic mass is 16.5. The molecule has 2 aromatic heterocycles. The number of rotatable bonds is 11. The molecule has 0 spiro atoms. The van der Waals surface area contributed by atoms with Gasteiger partial charge in [-0.3, -0.25) is 14.5 Å². The molecule has 12 heteroatoms. The van der Waals surface area contributed by atoms with E-state index in [0.717, 1.165) is 44.8 Å². The number of carbonyl (C=O) groups excluding carboxylic acids is 2. The van der Waals surface area contributed by atoms with Gasteiger partial charge in [0.15, 0.2) is 11.3 Å². The van der Waals surface area contributed by atoms with Crippen molar-refractivity contribution in [2.75, 3.05) is 46.6 Å². The number of aromatic nitrogens is 3. The van der Waals surface area contributed by atoms with Gasteiger partial charge in [0, 0.05) is 31.6 Å². The molecule has 1 aliphatic carbocycles. The van der Waals surface area contributed by atoms with E-state index in [-0.39, 0.29) is 11.8 Å². The van der Waals surface area contributed by atoms with Crippen molar-refractivity contribution >= 4 is 22.8 Å². The first-order valence-corrected chi connectivity index (χ1v) is 12.4. The molecule has 2 aliphatic rings. The van der Waals surface area contributed by atoms with Crippen molar-refractivity contribution < 1.29 is 28.5 Å². The zero-order chi connectivity index (χ0) is 26.7. The first-order chi connectivity index (χ1) is 18.4. The number of pyridine rings is 1. The molecular formula is C26H30N6O6. The van der Waals surface area contributed by atoms with Crippen LogP contribution in [0.3, 0.4) is 0 Å². The largest absolute Gasteiger partial charge is 0.488 e. The van der Waals surface area contributed by atoms with Gasteiger partial charge in [-0.2, -0.15) is 4.98 Å². The maximum atomic E-state index is 11.8. The Morgan fingerprint density at radius 2 is 1.84 bits per heavy atom. The van der Waals surface area contributed by atoms with Crippen LogP contribution in [-0.4, -0.2) is 78.2 Å². The van der Waals surface area contributed by atoms with Gasteiger partial charge in [-0.25, -0.2) is 9.97 Å². The minimum atomic E-state index is -1.33. The van der Waals surface area contributed by atoms with E-state index < -0.39 is 17.2 Å². The minimum Gasteiger partial charge on any atom is -0.488 e. The molecule has 1 aromatic carbocycles. The summed E-state index contributed by atoms with van der Waals surface area (Å²) in [6.07, 6.45) is 2.55. The lowest BCUT2D eigenvalue weighted by Crippen LogP contribution is -2.38. The number of fused-ring (bicyclic) bond motifs is 1. The number of amides is 2. The van der Waals surface area contributed by atoms with Crippen molar-refractivity contribution in [1.82, 2.24) is 19.9 Å². The SMILES string of the molecule is COc1nc2c(Oc3ccc(C4CC4(C(N)=O)C(N)=O)cc3)ncnc2cc1OCCCN1CCOCC1. The van der Waals surface area contributed by atoms with Gasteiger partial charge in [0.2, 0.25) is 17.7 Å². The average molecular weight is 523 g/mol. The molecule has 5 rings (SSSR count). The molecule has 1 unspecified atom stereocenters. The van der Waals surface area contributed by atoms with Gasteiger partial charge in [0.25, 0.3) is 5.88 Å². The van der Waals surface area contributed by atoms with Crippen molar-refractivity contribution in [1.29, 1.82) is 0 Å². The third-order valence-corrected chi connectivity index (χ3v) is 7.02. The Morgan fingerprint density at radius 1 is 1.11 bits per heavy atom. The predicted molar refractivity (Wildman–Crippen MR) is 136 cm³/mol. The summed E-state index contributed by atoms with van der Waals surface area (Å²) in [6, 6.07) is 8.74. The van der Waals surface area contributed by atoms with Crippen LogP contribution in [0.15, 0.2) is 36.7 Å². The van der Waals surface area contributed by atoms with Gasteiger partial charge in [-0.1, -0.05) is 12.1 Å². The zero-order valence-electron chi connectivity index (χ0n) is 21.1. The van der Waals surface area contributed by atoms with Crippen LogP contribution in [0.2, 0.25) is 0 Å². The maximum absolute atomic E-state index is 11.8. The van der Waals surface area contributed by atoms with E-state index >= 15 is 0 Å². The summed E-state index contributed by atoms with van der Waals surface area (Å²) in [5.41, 5.74) is 11.3. The van der Waals surface area contributed by atoms with E-state index in [1.165, 1.54) is 13.4 Å². The van der Waals surface area contributed by atoms with Crippen LogP contribution in [-0.2, 0) is 14.3 Å². The van der Waals surface area contributed by atoms with E-state index in [1.807, 2.05) is 0 Å². The molecular weight excluding hydrogens is 492 g/mol. The fourth-order valence-corrected chi connectivity index (χ4v) is 4.76. The standard InChI is InChI=1S/C26H30N6O6/c1-35-22-20(37-10-2-7-32-8-11-36-12-9-32)13-19-21(31-22)23(30-15-29-19)38-17-5-3-16(4-6-17)18-14-26(18,24(27)33)25(28)34/h3-6,13,15,18H,2,7-12,14H2,1H3,(H2,27,33)(H2,28,34).